The molecule has 0 amide bonds. The highest BCUT2D eigenvalue weighted by Gasteiger charge is 2.12. The van der Waals surface area contributed by atoms with E-state index < -0.39 is 0 Å². The van der Waals surface area contributed by atoms with E-state index >= 15 is 0 Å². The van der Waals surface area contributed by atoms with Gasteiger partial charge in [-0.1, -0.05) is 68.8 Å². The van der Waals surface area contributed by atoms with Crippen molar-refractivity contribution in [3.05, 3.63) is 59.2 Å². The summed E-state index contributed by atoms with van der Waals surface area (Å²) in [5.41, 5.74) is 4.65. The molecule has 0 heterocycles. The highest BCUT2D eigenvalue weighted by molar-refractivity contribution is 5.31. The van der Waals surface area contributed by atoms with Crippen LogP contribution in [0.4, 0.5) is 0 Å². The lowest BCUT2D eigenvalue weighted by Crippen LogP contribution is -2.10. The minimum Gasteiger partial charge on any atom is -0.0842 e. The lowest BCUT2D eigenvalue weighted by molar-refractivity contribution is 0.590. The predicted octanol–water partition coefficient (Wildman–Crippen LogP) is 4.80. The normalized spacial score (nSPS) is 15.8. The minimum absolute atomic E-state index is 0.255. The Morgan fingerprint density at radius 2 is 1.76 bits per heavy atom. The van der Waals surface area contributed by atoms with Gasteiger partial charge in [0.25, 0.3) is 0 Å². The van der Waals surface area contributed by atoms with Crippen molar-refractivity contribution < 1.29 is 0 Å². The van der Waals surface area contributed by atoms with Gasteiger partial charge in [-0.2, -0.15) is 0 Å². The molecule has 0 N–H and O–H groups in total. The monoisotopic (exact) mass is 226 g/mol. The molecule has 0 aliphatic heterocycles. The Labute approximate surface area is 105 Å². The predicted molar refractivity (Wildman–Crippen MR) is 75.3 cm³/mol. The second-order valence-corrected chi connectivity index (χ2v) is 5.92. The van der Waals surface area contributed by atoms with Crippen LogP contribution in [0, 0.1) is 0 Å². The molecule has 0 atom stereocenters. The molecule has 0 saturated heterocycles. The minimum atomic E-state index is 0.255. The van der Waals surface area contributed by atoms with Crippen molar-refractivity contribution >= 4 is 0 Å². The molecule has 17 heavy (non-hydrogen) atoms. The van der Waals surface area contributed by atoms with Gasteiger partial charge in [-0.05, 0) is 35.8 Å². The molecular weight excluding hydrogens is 204 g/mol. The van der Waals surface area contributed by atoms with Crippen LogP contribution in [-0.2, 0) is 11.8 Å². The van der Waals surface area contributed by atoms with Crippen LogP contribution in [-0.4, -0.2) is 0 Å². The molecule has 1 aliphatic rings. The summed E-state index contributed by atoms with van der Waals surface area (Å²) in [6.45, 7) is 6.78. The maximum Gasteiger partial charge on any atom is -0.00639 e. The molecule has 0 unspecified atom stereocenters. The third kappa shape index (κ3) is 3.33. The highest BCUT2D eigenvalue weighted by atomic mass is 14.2. The summed E-state index contributed by atoms with van der Waals surface area (Å²) in [7, 11) is 0. The largest absolute Gasteiger partial charge is 0.0842 e. The zero-order valence-corrected chi connectivity index (χ0v) is 11.2. The van der Waals surface area contributed by atoms with Crippen molar-refractivity contribution in [1.29, 1.82) is 0 Å². The first kappa shape index (κ1) is 12.2. The Morgan fingerprint density at radius 3 is 2.29 bits per heavy atom. The van der Waals surface area contributed by atoms with Gasteiger partial charge in [-0.25, -0.2) is 0 Å². The second kappa shape index (κ2) is 4.91. The van der Waals surface area contributed by atoms with Gasteiger partial charge in [-0.15, -0.1) is 0 Å². The molecule has 90 valence electrons. The maximum absolute atomic E-state index is 2.28. The van der Waals surface area contributed by atoms with Crippen molar-refractivity contribution in [3.63, 3.8) is 0 Å². The average molecular weight is 226 g/mol. The van der Waals surface area contributed by atoms with E-state index in [1.165, 1.54) is 24.0 Å². The van der Waals surface area contributed by atoms with Crippen LogP contribution < -0.4 is 0 Å². The van der Waals surface area contributed by atoms with Gasteiger partial charge in [0.2, 0.25) is 0 Å². The van der Waals surface area contributed by atoms with Crippen molar-refractivity contribution in [3.8, 4) is 0 Å². The van der Waals surface area contributed by atoms with E-state index in [2.05, 4.69) is 63.3 Å². The van der Waals surface area contributed by atoms with Crippen LogP contribution in [0.15, 0.2) is 48.1 Å². The van der Waals surface area contributed by atoms with Crippen LogP contribution in [0.1, 0.15) is 44.7 Å². The number of rotatable bonds is 2. The third-order valence-electron chi connectivity index (χ3n) is 3.35. The summed E-state index contributed by atoms with van der Waals surface area (Å²) in [5, 5.41) is 0. The number of hydrogen-bond donors (Lipinski definition) is 0. The molecule has 1 aromatic rings. The van der Waals surface area contributed by atoms with Crippen molar-refractivity contribution in [2.75, 3.05) is 0 Å². The summed E-state index contributed by atoms with van der Waals surface area (Å²) in [6, 6.07) is 9.10. The molecule has 1 aliphatic carbocycles. The van der Waals surface area contributed by atoms with Gasteiger partial charge in [0.05, 0.1) is 0 Å². The molecule has 2 rings (SSSR count). The van der Waals surface area contributed by atoms with Crippen LogP contribution in [0.3, 0.4) is 0 Å². The third-order valence-corrected chi connectivity index (χ3v) is 3.35. The molecule has 0 nitrogen and oxygen atoms in total. The Morgan fingerprint density at radius 1 is 1.06 bits per heavy atom. The van der Waals surface area contributed by atoms with Gasteiger partial charge in [0.15, 0.2) is 0 Å². The lowest BCUT2D eigenvalue weighted by atomic mass is 9.86. The summed E-state index contributed by atoms with van der Waals surface area (Å²) in [6.07, 6.45) is 10.2. The molecule has 0 bridgehead atoms. The van der Waals surface area contributed by atoms with E-state index in [0.29, 0.717) is 0 Å². The lowest BCUT2D eigenvalue weighted by Gasteiger charge is -2.19. The van der Waals surface area contributed by atoms with E-state index in [1.54, 1.807) is 5.57 Å². The molecule has 0 saturated carbocycles. The molecule has 0 spiro atoms. The zero-order chi connectivity index (χ0) is 12.3. The van der Waals surface area contributed by atoms with Crippen LogP contribution >= 0.6 is 0 Å². The second-order valence-electron chi connectivity index (χ2n) is 5.92. The van der Waals surface area contributed by atoms with Crippen molar-refractivity contribution in [2.45, 2.75) is 45.4 Å². The number of allylic oxidation sites excluding steroid dienone is 4. The standard InChI is InChI=1S/C17H22/c1-17(2,3)16-11-9-15(10-12-16)13-14-7-5-4-6-8-14/h4-5,7,9-12H,6,8,13H2,1-3H3. The van der Waals surface area contributed by atoms with Gasteiger partial charge in [0, 0.05) is 0 Å². The zero-order valence-electron chi connectivity index (χ0n) is 11.2. The summed E-state index contributed by atoms with van der Waals surface area (Å²) < 4.78 is 0. The molecule has 1 aromatic carbocycles. The van der Waals surface area contributed by atoms with Crippen molar-refractivity contribution in [2.24, 2.45) is 0 Å². The Bertz CT molecular complexity index is 424. The molecule has 0 heteroatoms. The van der Waals surface area contributed by atoms with E-state index in [9.17, 15) is 0 Å². The van der Waals surface area contributed by atoms with Gasteiger partial charge in [0.1, 0.15) is 0 Å². The molecular formula is C17H22. The summed E-state index contributed by atoms with van der Waals surface area (Å²) >= 11 is 0. The molecule has 0 fully saturated rings. The van der Waals surface area contributed by atoms with Gasteiger partial charge >= 0.3 is 0 Å². The maximum atomic E-state index is 2.28. The molecule has 0 aromatic heterocycles. The first-order valence-electron chi connectivity index (χ1n) is 6.50. The smallest absolute Gasteiger partial charge is 0.00639 e. The fourth-order valence-corrected chi connectivity index (χ4v) is 2.18. The van der Waals surface area contributed by atoms with Crippen molar-refractivity contribution in [1.82, 2.24) is 0 Å². The summed E-state index contributed by atoms with van der Waals surface area (Å²) in [5.74, 6) is 0. The topological polar surface area (TPSA) is 0 Å². The van der Waals surface area contributed by atoms with E-state index in [1.807, 2.05) is 0 Å². The highest BCUT2D eigenvalue weighted by Crippen LogP contribution is 2.23. The van der Waals surface area contributed by atoms with Crippen LogP contribution in [0.2, 0.25) is 0 Å². The van der Waals surface area contributed by atoms with Gasteiger partial charge < -0.3 is 0 Å². The number of hydrogen-bond acceptors (Lipinski definition) is 0. The Balaban J connectivity index is 2.08. The fourth-order valence-electron chi connectivity index (χ4n) is 2.18. The van der Waals surface area contributed by atoms with E-state index in [-0.39, 0.29) is 5.41 Å². The SMILES string of the molecule is CC(C)(C)c1ccc(CC2=CC=CCC2)cc1. The Hall–Kier alpha value is -1.30. The first-order valence-corrected chi connectivity index (χ1v) is 6.50. The first-order chi connectivity index (χ1) is 8.05. The Kier molecular flexibility index (Phi) is 3.51. The average Bonchev–Trinajstić information content (AvgIpc) is 2.30. The molecule has 0 radical (unpaired) electrons. The summed E-state index contributed by atoms with van der Waals surface area (Å²) in [4.78, 5) is 0. The van der Waals surface area contributed by atoms with E-state index in [0.717, 1.165) is 6.42 Å². The van der Waals surface area contributed by atoms with Gasteiger partial charge in [-0.3, -0.25) is 0 Å². The van der Waals surface area contributed by atoms with Crippen LogP contribution in [0.25, 0.3) is 0 Å². The van der Waals surface area contributed by atoms with E-state index in [4.69, 9.17) is 0 Å². The number of benzene rings is 1. The fraction of sp³-hybridized carbons (Fsp3) is 0.412. The quantitative estimate of drug-likeness (QED) is 0.679. The van der Waals surface area contributed by atoms with Crippen LogP contribution in [0.5, 0.6) is 0 Å².